The molecule has 29 heavy (non-hydrogen) atoms. The highest BCUT2D eigenvalue weighted by Crippen LogP contribution is 2.16. The third-order valence-corrected chi connectivity index (χ3v) is 5.72. The lowest BCUT2D eigenvalue weighted by Crippen LogP contribution is -2.46. The molecule has 1 aliphatic heterocycles. The first kappa shape index (κ1) is 21.0. The van der Waals surface area contributed by atoms with E-state index in [1.54, 1.807) is 12.1 Å². The van der Waals surface area contributed by atoms with Crippen LogP contribution in [0.3, 0.4) is 0 Å². The number of amides is 2. The van der Waals surface area contributed by atoms with Crippen LogP contribution < -0.4 is 15.8 Å². The largest absolute Gasteiger partial charge is 0.459 e. The molecular formula is C19H24N4O5S. The molecule has 1 aromatic heterocycles. The number of likely N-dealkylation sites (tertiary alicyclic amines) is 1. The van der Waals surface area contributed by atoms with Crippen LogP contribution in [0.5, 0.6) is 0 Å². The van der Waals surface area contributed by atoms with Gasteiger partial charge in [0.25, 0.3) is 5.91 Å². The van der Waals surface area contributed by atoms with E-state index in [0.29, 0.717) is 24.5 Å². The number of sulfonamides is 1. The molecule has 156 valence electrons. The average molecular weight is 420 g/mol. The van der Waals surface area contributed by atoms with Gasteiger partial charge in [0.1, 0.15) is 0 Å². The lowest BCUT2D eigenvalue weighted by Gasteiger charge is -2.31. The summed E-state index contributed by atoms with van der Waals surface area (Å²) < 4.78 is 28.0. The number of rotatable bonds is 6. The summed E-state index contributed by atoms with van der Waals surface area (Å²) in [5.41, 5.74) is 1.17. The Bertz CT molecular complexity index is 994. The van der Waals surface area contributed by atoms with Gasteiger partial charge in [-0.05, 0) is 44.0 Å². The molecule has 2 aromatic rings. The molecule has 0 unspecified atom stereocenters. The molecule has 2 amide bonds. The molecule has 0 bridgehead atoms. The third kappa shape index (κ3) is 5.66. The minimum Gasteiger partial charge on any atom is -0.459 e. The zero-order valence-corrected chi connectivity index (χ0v) is 16.9. The lowest BCUT2D eigenvalue weighted by molar-refractivity contribution is -0.117. The highest BCUT2D eigenvalue weighted by Gasteiger charge is 2.24. The molecular weight excluding hydrogens is 396 g/mol. The van der Waals surface area contributed by atoms with Gasteiger partial charge in [-0.1, -0.05) is 6.07 Å². The van der Waals surface area contributed by atoms with E-state index in [9.17, 15) is 18.0 Å². The fourth-order valence-electron chi connectivity index (χ4n) is 3.25. The molecule has 3 rings (SSSR count). The number of benzene rings is 1. The van der Waals surface area contributed by atoms with Crippen molar-refractivity contribution >= 4 is 27.5 Å². The summed E-state index contributed by atoms with van der Waals surface area (Å²) in [6.45, 7) is 3.31. The van der Waals surface area contributed by atoms with E-state index in [1.807, 2.05) is 11.8 Å². The molecule has 1 aromatic carbocycles. The van der Waals surface area contributed by atoms with E-state index in [2.05, 4.69) is 10.6 Å². The van der Waals surface area contributed by atoms with Crippen LogP contribution in [0.2, 0.25) is 0 Å². The van der Waals surface area contributed by atoms with Gasteiger partial charge in [0.2, 0.25) is 15.9 Å². The second-order valence-electron chi connectivity index (χ2n) is 7.08. The summed E-state index contributed by atoms with van der Waals surface area (Å²) in [5, 5.41) is 10.8. The van der Waals surface area contributed by atoms with E-state index < -0.39 is 10.0 Å². The molecule has 4 N–H and O–H groups in total. The molecule has 0 spiro atoms. The quantitative estimate of drug-likeness (QED) is 0.640. The Morgan fingerprint density at radius 1 is 1.24 bits per heavy atom. The van der Waals surface area contributed by atoms with Crippen molar-refractivity contribution in [2.24, 2.45) is 5.14 Å². The van der Waals surface area contributed by atoms with E-state index in [4.69, 9.17) is 9.56 Å². The summed E-state index contributed by atoms with van der Waals surface area (Å²) >= 11 is 0. The van der Waals surface area contributed by atoms with Crippen LogP contribution >= 0.6 is 0 Å². The zero-order chi connectivity index (χ0) is 21.0. The number of nitrogens with two attached hydrogens (primary N) is 1. The number of hydrogen-bond donors (Lipinski definition) is 3. The lowest BCUT2D eigenvalue weighted by atomic mass is 10.0. The normalized spacial score (nSPS) is 15.8. The highest BCUT2D eigenvalue weighted by molar-refractivity contribution is 7.89. The monoisotopic (exact) mass is 420 g/mol. The van der Waals surface area contributed by atoms with E-state index >= 15 is 0 Å². The van der Waals surface area contributed by atoms with Gasteiger partial charge in [-0.3, -0.25) is 14.5 Å². The summed E-state index contributed by atoms with van der Waals surface area (Å²) in [5.74, 6) is -0.141. The molecule has 1 fully saturated rings. The van der Waals surface area contributed by atoms with Crippen molar-refractivity contribution in [3.8, 4) is 0 Å². The maximum Gasteiger partial charge on any atom is 0.287 e. The van der Waals surface area contributed by atoms with Gasteiger partial charge in [-0.15, -0.1) is 0 Å². The summed E-state index contributed by atoms with van der Waals surface area (Å²) in [6.07, 6.45) is 2.93. The first-order valence-electron chi connectivity index (χ1n) is 9.22. The minimum absolute atomic E-state index is 0.0257. The third-order valence-electron chi connectivity index (χ3n) is 4.80. The van der Waals surface area contributed by atoms with Crippen LogP contribution in [0.25, 0.3) is 0 Å². The number of furan rings is 1. The Balaban J connectivity index is 1.46. The van der Waals surface area contributed by atoms with Crippen molar-refractivity contribution in [1.82, 2.24) is 10.2 Å². The number of anilines is 1. The molecule has 0 saturated carbocycles. The number of carbonyl (C=O) groups excluding carboxylic acids is 2. The summed E-state index contributed by atoms with van der Waals surface area (Å²) in [4.78, 5) is 26.4. The van der Waals surface area contributed by atoms with Crippen LogP contribution in [-0.4, -0.2) is 50.8 Å². The Kier molecular flexibility index (Phi) is 6.36. The number of carbonyl (C=O) groups is 2. The molecule has 1 aliphatic rings. The van der Waals surface area contributed by atoms with Crippen LogP contribution in [0.1, 0.15) is 29.0 Å². The van der Waals surface area contributed by atoms with Crippen molar-refractivity contribution in [1.29, 1.82) is 0 Å². The Morgan fingerprint density at radius 3 is 2.59 bits per heavy atom. The van der Waals surface area contributed by atoms with Gasteiger partial charge < -0.3 is 15.1 Å². The van der Waals surface area contributed by atoms with Gasteiger partial charge >= 0.3 is 0 Å². The van der Waals surface area contributed by atoms with Crippen LogP contribution in [0, 0.1) is 6.92 Å². The Labute approximate surface area is 169 Å². The maximum absolute atomic E-state index is 12.3. The average Bonchev–Trinajstić information content (AvgIpc) is 3.09. The van der Waals surface area contributed by atoms with Gasteiger partial charge in [-0.25, -0.2) is 13.6 Å². The number of hydrogen-bond acceptors (Lipinski definition) is 6. The molecule has 9 nitrogen and oxygen atoms in total. The second-order valence-corrected chi connectivity index (χ2v) is 8.64. The van der Waals surface area contributed by atoms with Gasteiger partial charge in [0.15, 0.2) is 5.76 Å². The van der Waals surface area contributed by atoms with Crippen LogP contribution in [0.4, 0.5) is 5.69 Å². The van der Waals surface area contributed by atoms with Gasteiger partial charge in [0.05, 0.1) is 17.7 Å². The smallest absolute Gasteiger partial charge is 0.287 e. The van der Waals surface area contributed by atoms with Crippen molar-refractivity contribution in [3.05, 3.63) is 47.9 Å². The molecule has 10 heteroatoms. The van der Waals surface area contributed by atoms with E-state index in [1.165, 1.54) is 24.5 Å². The molecule has 2 heterocycles. The van der Waals surface area contributed by atoms with Crippen molar-refractivity contribution < 1.29 is 22.4 Å². The Hall–Kier alpha value is -2.69. The number of piperidine rings is 1. The first-order valence-corrected chi connectivity index (χ1v) is 10.8. The predicted molar refractivity (Wildman–Crippen MR) is 107 cm³/mol. The first-order chi connectivity index (χ1) is 13.7. The molecule has 1 saturated heterocycles. The van der Waals surface area contributed by atoms with Crippen LogP contribution in [-0.2, 0) is 14.8 Å². The zero-order valence-electron chi connectivity index (χ0n) is 16.1. The van der Waals surface area contributed by atoms with Crippen molar-refractivity contribution in [2.75, 3.05) is 25.0 Å². The fraction of sp³-hybridized carbons (Fsp3) is 0.368. The summed E-state index contributed by atoms with van der Waals surface area (Å²) in [6, 6.07) is 7.59. The van der Waals surface area contributed by atoms with Crippen molar-refractivity contribution in [3.63, 3.8) is 0 Å². The Morgan fingerprint density at radius 2 is 1.97 bits per heavy atom. The molecule has 0 atom stereocenters. The SMILES string of the molecule is Cc1ccoc1C(=O)NC1CCN(CC(=O)Nc2cccc(S(N)(=O)=O)c2)CC1. The topological polar surface area (TPSA) is 135 Å². The van der Waals surface area contributed by atoms with E-state index in [0.717, 1.165) is 18.4 Å². The van der Waals surface area contributed by atoms with Gasteiger partial charge in [-0.2, -0.15) is 0 Å². The number of nitrogens with one attached hydrogen (secondary N) is 2. The van der Waals surface area contributed by atoms with E-state index in [-0.39, 0.29) is 29.3 Å². The summed E-state index contributed by atoms with van der Waals surface area (Å²) in [7, 11) is -3.83. The number of nitrogens with zero attached hydrogens (tertiary/aromatic N) is 1. The molecule has 0 radical (unpaired) electrons. The predicted octanol–water partition coefficient (Wildman–Crippen LogP) is 1.07. The maximum atomic E-state index is 12.3. The van der Waals surface area contributed by atoms with Crippen LogP contribution in [0.15, 0.2) is 45.9 Å². The van der Waals surface area contributed by atoms with Gasteiger partial charge in [0, 0.05) is 30.4 Å². The second kappa shape index (κ2) is 8.76. The number of aryl methyl sites for hydroxylation is 1. The van der Waals surface area contributed by atoms with Crippen molar-refractivity contribution in [2.45, 2.75) is 30.7 Å². The fourth-order valence-corrected chi connectivity index (χ4v) is 3.81. The highest BCUT2D eigenvalue weighted by atomic mass is 32.2. The minimum atomic E-state index is -3.83. The standard InChI is InChI=1S/C19H24N4O5S/c1-13-7-10-28-18(13)19(25)22-14-5-8-23(9-6-14)12-17(24)21-15-3-2-4-16(11-15)29(20,26)27/h2-4,7,10-11,14H,5-6,8-9,12H2,1H3,(H,21,24)(H,22,25)(H2,20,26,27). The molecule has 0 aliphatic carbocycles. The number of primary sulfonamides is 1.